The van der Waals surface area contributed by atoms with Crippen molar-refractivity contribution >= 4 is 9.84 Å². The number of sulfone groups is 1. The SMILES string of the molecule is CCCN(CCC)CC(O)COc1ccc(S(=O)(=O)c2ccc(OCC(O)CN(CCC)CCC)cc2)cc1. The lowest BCUT2D eigenvalue weighted by Crippen LogP contribution is -2.36. The molecular weight excluding hydrogens is 516 g/mol. The van der Waals surface area contributed by atoms with Crippen molar-refractivity contribution in [3.05, 3.63) is 48.5 Å². The standard InChI is InChI=1S/C30H48N2O6S/c1-5-17-31(18-6-2)21-25(33)23-37-27-9-13-29(14-10-27)39(35,36)30-15-11-28(12-16-30)38-24-26(34)22-32(19-7-3)20-8-4/h9-16,25-26,33-34H,5-8,17-24H2,1-4H3. The molecule has 0 radical (unpaired) electrons. The second-order valence-electron chi connectivity index (χ2n) is 9.98. The van der Waals surface area contributed by atoms with Crippen LogP contribution in [0.1, 0.15) is 53.4 Å². The topological polar surface area (TPSA) is 99.5 Å². The first-order chi connectivity index (χ1) is 18.7. The molecule has 2 aromatic rings. The molecule has 0 bridgehead atoms. The number of nitrogens with zero attached hydrogens (tertiary/aromatic N) is 2. The van der Waals surface area contributed by atoms with Crippen LogP contribution in [0.5, 0.6) is 11.5 Å². The summed E-state index contributed by atoms with van der Waals surface area (Å²) in [6, 6.07) is 12.5. The molecule has 8 nitrogen and oxygen atoms in total. The van der Waals surface area contributed by atoms with Gasteiger partial charge in [0.2, 0.25) is 9.84 Å². The molecule has 2 atom stereocenters. The van der Waals surface area contributed by atoms with Crippen molar-refractivity contribution in [3.8, 4) is 11.5 Å². The molecule has 2 aromatic carbocycles. The molecule has 0 aliphatic rings. The Hall–Kier alpha value is -2.17. The average Bonchev–Trinajstić information content (AvgIpc) is 2.92. The third kappa shape index (κ3) is 11.5. The molecule has 2 unspecified atom stereocenters. The van der Waals surface area contributed by atoms with Crippen LogP contribution in [0.15, 0.2) is 58.3 Å². The number of hydrogen-bond donors (Lipinski definition) is 2. The Balaban J connectivity index is 1.90. The van der Waals surface area contributed by atoms with E-state index in [4.69, 9.17) is 9.47 Å². The molecule has 0 aromatic heterocycles. The Morgan fingerprint density at radius 3 is 1.21 bits per heavy atom. The number of aliphatic hydroxyl groups is 2. The van der Waals surface area contributed by atoms with Crippen LogP contribution in [0.25, 0.3) is 0 Å². The van der Waals surface area contributed by atoms with E-state index in [0.29, 0.717) is 24.6 Å². The summed E-state index contributed by atoms with van der Waals surface area (Å²) in [5, 5.41) is 20.7. The molecule has 2 rings (SSSR count). The first-order valence-electron chi connectivity index (χ1n) is 14.2. The lowest BCUT2D eigenvalue weighted by atomic mass is 10.3. The number of rotatable bonds is 20. The fourth-order valence-electron chi connectivity index (χ4n) is 4.51. The van der Waals surface area contributed by atoms with Crippen molar-refractivity contribution in [1.29, 1.82) is 0 Å². The predicted octanol–water partition coefficient (Wildman–Crippen LogP) is 4.24. The highest BCUT2D eigenvalue weighted by Gasteiger charge is 2.19. The van der Waals surface area contributed by atoms with E-state index in [1.54, 1.807) is 24.3 Å². The Labute approximate surface area is 235 Å². The van der Waals surface area contributed by atoms with E-state index < -0.39 is 22.0 Å². The zero-order valence-corrected chi connectivity index (χ0v) is 24.9. The van der Waals surface area contributed by atoms with E-state index in [0.717, 1.165) is 51.9 Å². The van der Waals surface area contributed by atoms with Crippen LogP contribution < -0.4 is 9.47 Å². The largest absolute Gasteiger partial charge is 0.491 e. The van der Waals surface area contributed by atoms with Gasteiger partial charge in [-0.3, -0.25) is 0 Å². The summed E-state index contributed by atoms with van der Waals surface area (Å²) in [6.45, 7) is 13.6. The van der Waals surface area contributed by atoms with E-state index in [1.165, 1.54) is 24.3 Å². The van der Waals surface area contributed by atoms with Gasteiger partial charge in [0.15, 0.2) is 0 Å². The third-order valence-corrected chi connectivity index (χ3v) is 8.04. The van der Waals surface area contributed by atoms with Gasteiger partial charge in [0.05, 0.1) is 9.79 Å². The van der Waals surface area contributed by atoms with Gasteiger partial charge in [0.1, 0.15) is 36.9 Å². The first-order valence-corrected chi connectivity index (χ1v) is 15.7. The lowest BCUT2D eigenvalue weighted by molar-refractivity contribution is 0.0680. The van der Waals surface area contributed by atoms with Crippen molar-refractivity contribution in [2.45, 2.75) is 75.4 Å². The Morgan fingerprint density at radius 2 is 0.923 bits per heavy atom. The van der Waals surface area contributed by atoms with Gasteiger partial charge in [-0.05, 0) is 100 Å². The summed E-state index contributed by atoms with van der Waals surface area (Å²) < 4.78 is 37.6. The van der Waals surface area contributed by atoms with E-state index >= 15 is 0 Å². The van der Waals surface area contributed by atoms with Gasteiger partial charge in [-0.1, -0.05) is 27.7 Å². The second-order valence-corrected chi connectivity index (χ2v) is 11.9. The van der Waals surface area contributed by atoms with Gasteiger partial charge in [-0.25, -0.2) is 8.42 Å². The fraction of sp³-hybridized carbons (Fsp3) is 0.600. The van der Waals surface area contributed by atoms with Gasteiger partial charge >= 0.3 is 0 Å². The highest BCUT2D eigenvalue weighted by atomic mass is 32.2. The molecule has 220 valence electrons. The quantitative estimate of drug-likeness (QED) is 0.246. The molecule has 0 heterocycles. The van der Waals surface area contributed by atoms with E-state index in [2.05, 4.69) is 37.5 Å². The fourth-order valence-corrected chi connectivity index (χ4v) is 5.77. The van der Waals surface area contributed by atoms with Gasteiger partial charge in [0, 0.05) is 13.1 Å². The molecule has 0 spiro atoms. The molecule has 9 heteroatoms. The first kappa shape index (κ1) is 33.0. The predicted molar refractivity (Wildman–Crippen MR) is 155 cm³/mol. The summed E-state index contributed by atoms with van der Waals surface area (Å²) >= 11 is 0. The maximum absolute atomic E-state index is 13.1. The second kappa shape index (κ2) is 17.5. The number of aliphatic hydroxyl groups excluding tert-OH is 2. The number of ether oxygens (including phenoxy) is 2. The van der Waals surface area contributed by atoms with Crippen LogP contribution in [0.3, 0.4) is 0 Å². The van der Waals surface area contributed by atoms with Crippen LogP contribution in [-0.2, 0) is 9.84 Å². The minimum Gasteiger partial charge on any atom is -0.491 e. The number of benzene rings is 2. The highest BCUT2D eigenvalue weighted by molar-refractivity contribution is 7.91. The average molecular weight is 565 g/mol. The summed E-state index contributed by atoms with van der Waals surface area (Å²) in [6.07, 6.45) is 2.86. The minimum atomic E-state index is -3.72. The van der Waals surface area contributed by atoms with E-state index in [1.807, 2.05) is 0 Å². The molecule has 0 aliphatic carbocycles. The molecule has 0 aliphatic heterocycles. The van der Waals surface area contributed by atoms with Crippen molar-refractivity contribution < 1.29 is 28.1 Å². The monoisotopic (exact) mass is 564 g/mol. The Morgan fingerprint density at radius 1 is 0.615 bits per heavy atom. The van der Waals surface area contributed by atoms with Crippen LogP contribution in [-0.4, -0.2) is 93.1 Å². The van der Waals surface area contributed by atoms with Crippen LogP contribution in [0, 0.1) is 0 Å². The number of hydrogen-bond acceptors (Lipinski definition) is 8. The summed E-state index contributed by atoms with van der Waals surface area (Å²) in [5.74, 6) is 1.01. The molecule has 0 fully saturated rings. The zero-order valence-electron chi connectivity index (χ0n) is 24.1. The third-order valence-electron chi connectivity index (χ3n) is 6.25. The van der Waals surface area contributed by atoms with E-state index in [9.17, 15) is 18.6 Å². The lowest BCUT2D eigenvalue weighted by Gasteiger charge is -2.24. The molecule has 0 saturated carbocycles. The molecule has 2 N–H and O–H groups in total. The zero-order chi connectivity index (χ0) is 28.7. The van der Waals surface area contributed by atoms with Crippen molar-refractivity contribution in [2.24, 2.45) is 0 Å². The smallest absolute Gasteiger partial charge is 0.206 e. The molecular formula is C30H48N2O6S. The van der Waals surface area contributed by atoms with Crippen molar-refractivity contribution in [3.63, 3.8) is 0 Å². The summed E-state index contributed by atoms with van der Waals surface area (Å²) in [5.41, 5.74) is 0. The van der Waals surface area contributed by atoms with E-state index in [-0.39, 0.29) is 23.0 Å². The minimum absolute atomic E-state index is 0.140. The van der Waals surface area contributed by atoms with Crippen molar-refractivity contribution in [2.75, 3.05) is 52.5 Å². The van der Waals surface area contributed by atoms with Gasteiger partial charge < -0.3 is 29.5 Å². The Bertz CT molecular complexity index is 941. The van der Waals surface area contributed by atoms with Crippen LogP contribution in [0.4, 0.5) is 0 Å². The summed E-state index contributed by atoms with van der Waals surface area (Å²) in [7, 11) is -3.72. The van der Waals surface area contributed by atoms with Crippen molar-refractivity contribution in [1.82, 2.24) is 9.80 Å². The van der Waals surface area contributed by atoms with Gasteiger partial charge in [0.25, 0.3) is 0 Å². The maximum atomic E-state index is 13.1. The molecule has 0 amide bonds. The highest BCUT2D eigenvalue weighted by Crippen LogP contribution is 2.25. The molecule has 39 heavy (non-hydrogen) atoms. The van der Waals surface area contributed by atoms with Gasteiger partial charge in [-0.2, -0.15) is 0 Å². The van der Waals surface area contributed by atoms with Gasteiger partial charge in [-0.15, -0.1) is 0 Å². The normalized spacial score (nSPS) is 13.5. The molecule has 0 saturated heterocycles. The Kier molecular flexibility index (Phi) is 14.8. The van der Waals surface area contributed by atoms with Crippen LogP contribution in [0.2, 0.25) is 0 Å². The summed E-state index contributed by atoms with van der Waals surface area (Å²) in [4.78, 5) is 4.75. The maximum Gasteiger partial charge on any atom is 0.206 e. The van der Waals surface area contributed by atoms with Crippen LogP contribution >= 0.6 is 0 Å².